The number of amides is 1. The minimum atomic E-state index is -0.327. The van der Waals surface area contributed by atoms with Crippen molar-refractivity contribution in [3.63, 3.8) is 0 Å². The summed E-state index contributed by atoms with van der Waals surface area (Å²) in [6.07, 6.45) is 3.26. The van der Waals surface area contributed by atoms with E-state index in [1.807, 2.05) is 0 Å². The van der Waals surface area contributed by atoms with Crippen LogP contribution in [0.3, 0.4) is 0 Å². The Labute approximate surface area is 108 Å². The zero-order valence-electron chi connectivity index (χ0n) is 9.72. The number of carbonyl (C=O) groups excluding carboxylic acids is 1. The van der Waals surface area contributed by atoms with Crippen molar-refractivity contribution < 1.29 is 9.53 Å². The van der Waals surface area contributed by atoms with Crippen LogP contribution in [0.2, 0.25) is 0 Å². The van der Waals surface area contributed by atoms with Crippen molar-refractivity contribution in [2.45, 2.75) is 24.1 Å². The molecule has 1 aromatic rings. The number of nitrogens with one attached hydrogen (secondary N) is 2. The smallest absolute Gasteiger partial charge is 0.270 e. The summed E-state index contributed by atoms with van der Waals surface area (Å²) in [5.74, 6) is 0.0865. The van der Waals surface area contributed by atoms with Crippen LogP contribution in [-0.2, 0) is 9.53 Å². The highest BCUT2D eigenvalue weighted by Gasteiger charge is 2.16. The van der Waals surface area contributed by atoms with E-state index < -0.39 is 0 Å². The van der Waals surface area contributed by atoms with Crippen molar-refractivity contribution >= 4 is 17.7 Å². The van der Waals surface area contributed by atoms with Crippen LogP contribution in [0.1, 0.15) is 12.8 Å². The van der Waals surface area contributed by atoms with Gasteiger partial charge in [0.05, 0.1) is 11.9 Å². The molecule has 0 spiro atoms. The first-order valence-electron chi connectivity index (χ1n) is 5.67. The summed E-state index contributed by atoms with van der Waals surface area (Å²) in [6.45, 7) is 1.31. The first kappa shape index (κ1) is 13.0. The molecule has 2 rings (SSSR count). The van der Waals surface area contributed by atoms with Crippen LogP contribution >= 0.6 is 11.8 Å². The molecule has 1 atom stereocenters. The molecule has 1 saturated heterocycles. The SMILES string of the molecule is O=C(CSc1nncc(=O)[nH]1)NC[C@@H]1CCCO1. The van der Waals surface area contributed by atoms with Gasteiger partial charge in [0, 0.05) is 13.2 Å². The molecule has 1 amide bonds. The Hall–Kier alpha value is -1.41. The number of H-pyrrole nitrogens is 1. The lowest BCUT2D eigenvalue weighted by molar-refractivity contribution is -0.119. The largest absolute Gasteiger partial charge is 0.376 e. The summed E-state index contributed by atoms with van der Waals surface area (Å²) in [7, 11) is 0. The van der Waals surface area contributed by atoms with E-state index in [0.717, 1.165) is 37.4 Å². The second-order valence-electron chi connectivity index (χ2n) is 3.87. The fourth-order valence-electron chi connectivity index (χ4n) is 1.58. The van der Waals surface area contributed by atoms with E-state index in [-0.39, 0.29) is 23.3 Å². The van der Waals surface area contributed by atoms with Gasteiger partial charge in [-0.05, 0) is 12.8 Å². The molecule has 0 saturated carbocycles. The van der Waals surface area contributed by atoms with Crippen LogP contribution in [0.4, 0.5) is 0 Å². The predicted octanol–water partition coefficient (Wildman–Crippen LogP) is -0.448. The van der Waals surface area contributed by atoms with E-state index in [2.05, 4.69) is 20.5 Å². The van der Waals surface area contributed by atoms with Gasteiger partial charge >= 0.3 is 0 Å². The Morgan fingerprint density at radius 2 is 2.56 bits per heavy atom. The first-order valence-corrected chi connectivity index (χ1v) is 6.66. The van der Waals surface area contributed by atoms with Crippen LogP contribution in [0, 0.1) is 0 Å². The van der Waals surface area contributed by atoms with E-state index in [9.17, 15) is 9.59 Å². The number of ether oxygens (including phenoxy) is 1. The fraction of sp³-hybridized carbons (Fsp3) is 0.600. The molecule has 0 bridgehead atoms. The molecule has 98 valence electrons. The molecule has 1 aliphatic rings. The van der Waals surface area contributed by atoms with Gasteiger partial charge in [0.2, 0.25) is 5.91 Å². The Kier molecular flexibility index (Phi) is 4.71. The first-order chi connectivity index (χ1) is 8.74. The topological polar surface area (TPSA) is 97.0 Å². The van der Waals surface area contributed by atoms with Crippen molar-refractivity contribution in [3.8, 4) is 0 Å². The molecular weight excluding hydrogens is 256 g/mol. The number of rotatable bonds is 5. The molecule has 1 aliphatic heterocycles. The second-order valence-corrected chi connectivity index (χ2v) is 4.83. The van der Waals surface area contributed by atoms with Gasteiger partial charge < -0.3 is 10.1 Å². The molecule has 1 aromatic heterocycles. The lowest BCUT2D eigenvalue weighted by atomic mass is 10.2. The van der Waals surface area contributed by atoms with Gasteiger partial charge in [-0.3, -0.25) is 14.6 Å². The normalized spacial score (nSPS) is 18.8. The van der Waals surface area contributed by atoms with Gasteiger partial charge in [0.25, 0.3) is 5.56 Å². The van der Waals surface area contributed by atoms with Crippen LogP contribution in [-0.4, -0.2) is 46.1 Å². The summed E-state index contributed by atoms with van der Waals surface area (Å²) < 4.78 is 5.39. The predicted molar refractivity (Wildman–Crippen MR) is 65.4 cm³/mol. The lowest BCUT2D eigenvalue weighted by Crippen LogP contribution is -2.33. The van der Waals surface area contributed by atoms with Crippen molar-refractivity contribution in [1.29, 1.82) is 0 Å². The highest BCUT2D eigenvalue weighted by atomic mass is 32.2. The molecule has 0 aromatic carbocycles. The number of aromatic amines is 1. The molecule has 8 heteroatoms. The Morgan fingerprint density at radius 3 is 3.28 bits per heavy atom. The number of aromatic nitrogens is 3. The minimum absolute atomic E-state index is 0.109. The molecule has 0 unspecified atom stereocenters. The third-order valence-corrected chi connectivity index (χ3v) is 3.31. The van der Waals surface area contributed by atoms with Gasteiger partial charge in [0.1, 0.15) is 6.20 Å². The number of hydrogen-bond donors (Lipinski definition) is 2. The summed E-state index contributed by atoms with van der Waals surface area (Å²) in [5.41, 5.74) is -0.327. The van der Waals surface area contributed by atoms with E-state index in [1.54, 1.807) is 0 Å². The van der Waals surface area contributed by atoms with Gasteiger partial charge in [-0.2, -0.15) is 5.10 Å². The van der Waals surface area contributed by atoms with Crippen molar-refractivity contribution in [2.24, 2.45) is 0 Å². The zero-order valence-corrected chi connectivity index (χ0v) is 10.5. The van der Waals surface area contributed by atoms with E-state index >= 15 is 0 Å². The summed E-state index contributed by atoms with van der Waals surface area (Å²) in [6, 6.07) is 0. The quantitative estimate of drug-likeness (QED) is 0.704. The zero-order chi connectivity index (χ0) is 12.8. The maximum absolute atomic E-state index is 11.5. The van der Waals surface area contributed by atoms with Gasteiger partial charge in [-0.15, -0.1) is 5.10 Å². The highest BCUT2D eigenvalue weighted by Crippen LogP contribution is 2.11. The maximum Gasteiger partial charge on any atom is 0.270 e. The molecule has 2 heterocycles. The highest BCUT2D eigenvalue weighted by molar-refractivity contribution is 7.99. The van der Waals surface area contributed by atoms with Gasteiger partial charge in [0.15, 0.2) is 5.16 Å². The van der Waals surface area contributed by atoms with E-state index in [4.69, 9.17) is 4.74 Å². The van der Waals surface area contributed by atoms with Crippen molar-refractivity contribution in [1.82, 2.24) is 20.5 Å². The van der Waals surface area contributed by atoms with Crippen LogP contribution < -0.4 is 10.9 Å². The maximum atomic E-state index is 11.5. The fourth-order valence-corrected chi connectivity index (χ4v) is 2.23. The van der Waals surface area contributed by atoms with Crippen molar-refractivity contribution in [3.05, 3.63) is 16.6 Å². The molecule has 2 N–H and O–H groups in total. The molecule has 1 fully saturated rings. The third kappa shape index (κ3) is 4.11. The molecule has 7 nitrogen and oxygen atoms in total. The standard InChI is InChI=1S/C10H14N4O3S/c15-8-5-12-14-10(13-8)18-6-9(16)11-4-7-2-1-3-17-7/h5,7H,1-4,6H2,(H,11,16)(H,13,14,15)/t7-/m0/s1. The Bertz CT molecular complexity index is 458. The molecule has 18 heavy (non-hydrogen) atoms. The summed E-state index contributed by atoms with van der Waals surface area (Å²) in [4.78, 5) is 25.0. The average molecular weight is 270 g/mol. The van der Waals surface area contributed by atoms with E-state index in [1.165, 1.54) is 0 Å². The lowest BCUT2D eigenvalue weighted by Gasteiger charge is -2.10. The minimum Gasteiger partial charge on any atom is -0.376 e. The molecule has 0 radical (unpaired) electrons. The van der Waals surface area contributed by atoms with Crippen LogP contribution in [0.15, 0.2) is 16.1 Å². The molecular formula is C10H14N4O3S. The Morgan fingerprint density at radius 1 is 1.67 bits per heavy atom. The van der Waals surface area contributed by atoms with Crippen molar-refractivity contribution in [2.75, 3.05) is 18.9 Å². The summed E-state index contributed by atoms with van der Waals surface area (Å²) >= 11 is 1.14. The summed E-state index contributed by atoms with van der Waals surface area (Å²) in [5, 5.41) is 10.3. The number of thioether (sulfide) groups is 1. The molecule has 0 aliphatic carbocycles. The monoisotopic (exact) mass is 270 g/mol. The average Bonchev–Trinajstić information content (AvgIpc) is 2.87. The number of carbonyl (C=O) groups is 1. The van der Waals surface area contributed by atoms with Crippen LogP contribution in [0.25, 0.3) is 0 Å². The van der Waals surface area contributed by atoms with Gasteiger partial charge in [-0.1, -0.05) is 11.8 Å². The third-order valence-electron chi connectivity index (χ3n) is 2.44. The van der Waals surface area contributed by atoms with E-state index in [0.29, 0.717) is 11.7 Å². The number of nitrogens with zero attached hydrogens (tertiary/aromatic N) is 2. The Balaban J connectivity index is 1.69. The number of hydrogen-bond acceptors (Lipinski definition) is 6. The van der Waals surface area contributed by atoms with Crippen LogP contribution in [0.5, 0.6) is 0 Å². The second kappa shape index (κ2) is 6.50. The van der Waals surface area contributed by atoms with Gasteiger partial charge in [-0.25, -0.2) is 0 Å².